The minimum Gasteiger partial charge on any atom is -0.497 e. The summed E-state index contributed by atoms with van der Waals surface area (Å²) in [5.41, 5.74) is 2.80. The highest BCUT2D eigenvalue weighted by molar-refractivity contribution is 5.80. The topological polar surface area (TPSA) is 21.6 Å². The molecule has 0 aliphatic heterocycles. The summed E-state index contributed by atoms with van der Waals surface area (Å²) in [6.45, 7) is 4.13. The standard InChI is InChI=1S/C18H18FNO/c1-20-11-5-10-18(14-6-3-8-16(19)12-14)15-7-4-9-17(13-15)21-2/h3-4,6-10,12-13H,1,5,11H2,2H3/b18-10-. The minimum atomic E-state index is -0.247. The number of rotatable bonds is 6. The van der Waals surface area contributed by atoms with Crippen molar-refractivity contribution in [2.45, 2.75) is 6.42 Å². The fourth-order valence-corrected chi connectivity index (χ4v) is 2.15. The molecule has 3 heteroatoms. The number of hydrogen-bond acceptors (Lipinski definition) is 2. The van der Waals surface area contributed by atoms with Crippen molar-refractivity contribution in [1.29, 1.82) is 0 Å². The lowest BCUT2D eigenvalue weighted by atomic mass is 9.96. The van der Waals surface area contributed by atoms with Gasteiger partial charge in [0.05, 0.1) is 7.11 Å². The van der Waals surface area contributed by atoms with Crippen LogP contribution < -0.4 is 4.74 Å². The first-order valence-corrected chi connectivity index (χ1v) is 6.77. The molecule has 0 bridgehead atoms. The average molecular weight is 283 g/mol. The van der Waals surface area contributed by atoms with Gasteiger partial charge in [-0.1, -0.05) is 30.3 Å². The van der Waals surface area contributed by atoms with Gasteiger partial charge >= 0.3 is 0 Å². The molecule has 2 rings (SSSR count). The van der Waals surface area contributed by atoms with Gasteiger partial charge in [-0.05, 0) is 54.1 Å². The Balaban J connectivity index is 2.44. The zero-order valence-electron chi connectivity index (χ0n) is 12.1. The molecule has 0 fully saturated rings. The maximum atomic E-state index is 13.5. The number of ether oxygens (including phenoxy) is 1. The molecule has 0 amide bonds. The van der Waals surface area contributed by atoms with Crippen molar-refractivity contribution in [3.63, 3.8) is 0 Å². The van der Waals surface area contributed by atoms with E-state index >= 15 is 0 Å². The van der Waals surface area contributed by atoms with E-state index in [4.69, 9.17) is 4.74 Å². The van der Waals surface area contributed by atoms with E-state index in [-0.39, 0.29) is 5.82 Å². The van der Waals surface area contributed by atoms with E-state index < -0.39 is 0 Å². The van der Waals surface area contributed by atoms with Crippen LogP contribution in [0.3, 0.4) is 0 Å². The van der Waals surface area contributed by atoms with Gasteiger partial charge in [-0.2, -0.15) is 0 Å². The summed E-state index contributed by atoms with van der Waals surface area (Å²) in [5, 5.41) is 0. The Labute approximate surface area is 124 Å². The molecule has 0 aliphatic carbocycles. The summed E-state index contributed by atoms with van der Waals surface area (Å²) >= 11 is 0. The maximum absolute atomic E-state index is 13.5. The average Bonchev–Trinajstić information content (AvgIpc) is 2.51. The van der Waals surface area contributed by atoms with Crippen LogP contribution in [-0.4, -0.2) is 20.4 Å². The molecule has 0 aromatic heterocycles. The van der Waals surface area contributed by atoms with Crippen LogP contribution in [0.2, 0.25) is 0 Å². The molecule has 2 aromatic rings. The van der Waals surface area contributed by atoms with Gasteiger partial charge in [0.25, 0.3) is 0 Å². The summed E-state index contributed by atoms with van der Waals surface area (Å²) in [7, 11) is 1.63. The second kappa shape index (κ2) is 7.39. The summed E-state index contributed by atoms with van der Waals surface area (Å²) in [6.07, 6.45) is 2.81. The van der Waals surface area contributed by atoms with E-state index in [0.717, 1.165) is 28.9 Å². The molecule has 0 atom stereocenters. The molecular weight excluding hydrogens is 265 g/mol. The predicted molar refractivity (Wildman–Crippen MR) is 85.5 cm³/mol. The van der Waals surface area contributed by atoms with Gasteiger partial charge in [0.1, 0.15) is 11.6 Å². The van der Waals surface area contributed by atoms with Gasteiger partial charge in [-0.3, -0.25) is 0 Å². The van der Waals surface area contributed by atoms with Crippen LogP contribution >= 0.6 is 0 Å². The number of hydrogen-bond donors (Lipinski definition) is 0. The van der Waals surface area contributed by atoms with Crippen molar-refractivity contribution < 1.29 is 9.13 Å². The SMILES string of the molecule is C=NCC/C=C(/c1cccc(F)c1)c1cccc(OC)c1. The summed E-state index contributed by atoms with van der Waals surface area (Å²) in [4.78, 5) is 3.85. The number of aliphatic imine (C=N–C) groups is 1. The Morgan fingerprint density at radius 3 is 2.57 bits per heavy atom. The lowest BCUT2D eigenvalue weighted by Gasteiger charge is -2.10. The molecule has 0 aliphatic rings. The first-order chi connectivity index (χ1) is 10.2. The van der Waals surface area contributed by atoms with Gasteiger partial charge in [-0.25, -0.2) is 4.39 Å². The second-order valence-electron chi connectivity index (χ2n) is 4.60. The third-order valence-corrected chi connectivity index (χ3v) is 3.15. The van der Waals surface area contributed by atoms with Crippen molar-refractivity contribution in [2.24, 2.45) is 4.99 Å². The van der Waals surface area contributed by atoms with Crippen molar-refractivity contribution >= 4 is 12.3 Å². The monoisotopic (exact) mass is 283 g/mol. The lowest BCUT2D eigenvalue weighted by Crippen LogP contribution is -1.92. The Bertz CT molecular complexity index is 649. The fourth-order valence-electron chi connectivity index (χ4n) is 2.15. The molecule has 0 N–H and O–H groups in total. The van der Waals surface area contributed by atoms with Crippen molar-refractivity contribution in [3.05, 3.63) is 71.6 Å². The van der Waals surface area contributed by atoms with Crippen LogP contribution in [0.1, 0.15) is 17.5 Å². The summed E-state index contributed by atoms with van der Waals surface area (Å²) in [6, 6.07) is 14.3. The number of nitrogens with zero attached hydrogens (tertiary/aromatic N) is 1. The zero-order valence-corrected chi connectivity index (χ0v) is 12.1. The van der Waals surface area contributed by atoms with Crippen molar-refractivity contribution in [3.8, 4) is 5.75 Å². The van der Waals surface area contributed by atoms with Crippen LogP contribution in [-0.2, 0) is 0 Å². The smallest absolute Gasteiger partial charge is 0.123 e. The second-order valence-corrected chi connectivity index (χ2v) is 4.60. The summed E-state index contributed by atoms with van der Waals surface area (Å²) in [5.74, 6) is 0.528. The van der Waals surface area contributed by atoms with Gasteiger partial charge < -0.3 is 9.73 Å². The quantitative estimate of drug-likeness (QED) is 0.570. The third-order valence-electron chi connectivity index (χ3n) is 3.15. The van der Waals surface area contributed by atoms with E-state index in [9.17, 15) is 4.39 Å². The van der Waals surface area contributed by atoms with Gasteiger partial charge in [0.15, 0.2) is 0 Å². The van der Waals surface area contributed by atoms with Crippen molar-refractivity contribution in [2.75, 3.05) is 13.7 Å². The van der Waals surface area contributed by atoms with E-state index in [1.54, 1.807) is 13.2 Å². The molecule has 0 radical (unpaired) electrons. The highest BCUT2D eigenvalue weighted by Gasteiger charge is 2.07. The Morgan fingerprint density at radius 2 is 1.90 bits per heavy atom. The molecule has 0 saturated carbocycles. The third kappa shape index (κ3) is 4.02. The molecule has 21 heavy (non-hydrogen) atoms. The predicted octanol–water partition coefficient (Wildman–Crippen LogP) is 4.36. The maximum Gasteiger partial charge on any atom is 0.123 e. The normalized spacial score (nSPS) is 11.2. The Kier molecular flexibility index (Phi) is 5.27. The van der Waals surface area contributed by atoms with Crippen LogP contribution in [0.5, 0.6) is 5.75 Å². The molecule has 0 unspecified atom stereocenters. The molecular formula is C18H18FNO. The van der Waals surface area contributed by atoms with Crippen LogP contribution in [0, 0.1) is 5.82 Å². The van der Waals surface area contributed by atoms with Crippen LogP contribution in [0.25, 0.3) is 5.57 Å². The van der Waals surface area contributed by atoms with Crippen LogP contribution in [0.15, 0.2) is 59.6 Å². The molecule has 2 nitrogen and oxygen atoms in total. The van der Waals surface area contributed by atoms with E-state index in [1.165, 1.54) is 12.1 Å². The van der Waals surface area contributed by atoms with Crippen LogP contribution in [0.4, 0.5) is 4.39 Å². The number of benzene rings is 2. The van der Waals surface area contributed by atoms with E-state index in [0.29, 0.717) is 6.54 Å². The first kappa shape index (κ1) is 15.0. The highest BCUT2D eigenvalue weighted by Crippen LogP contribution is 2.27. The van der Waals surface area contributed by atoms with Crippen molar-refractivity contribution in [1.82, 2.24) is 0 Å². The summed E-state index contributed by atoms with van der Waals surface area (Å²) < 4.78 is 18.8. The van der Waals surface area contributed by atoms with E-state index in [1.807, 2.05) is 30.3 Å². The Hall–Kier alpha value is -2.42. The van der Waals surface area contributed by atoms with Gasteiger partial charge in [0, 0.05) is 6.54 Å². The highest BCUT2D eigenvalue weighted by atomic mass is 19.1. The number of methoxy groups -OCH3 is 1. The molecule has 2 aromatic carbocycles. The molecule has 0 heterocycles. The van der Waals surface area contributed by atoms with Gasteiger partial charge in [-0.15, -0.1) is 0 Å². The first-order valence-electron chi connectivity index (χ1n) is 6.77. The largest absolute Gasteiger partial charge is 0.497 e. The molecule has 108 valence electrons. The van der Waals surface area contributed by atoms with E-state index in [2.05, 4.69) is 17.8 Å². The minimum absolute atomic E-state index is 0.247. The Morgan fingerprint density at radius 1 is 1.19 bits per heavy atom. The molecule has 0 saturated heterocycles. The lowest BCUT2D eigenvalue weighted by molar-refractivity contribution is 0.414. The number of halogens is 1. The fraction of sp³-hybridized carbons (Fsp3) is 0.167. The molecule has 0 spiro atoms. The zero-order chi connectivity index (χ0) is 15.1. The van der Waals surface area contributed by atoms with Gasteiger partial charge in [0.2, 0.25) is 0 Å².